The van der Waals surface area contributed by atoms with Crippen molar-refractivity contribution in [2.45, 2.75) is 0 Å². The minimum Gasteiger partial charge on any atom is -0.0781 e. The van der Waals surface area contributed by atoms with Crippen molar-refractivity contribution in [3.8, 4) is 0 Å². The van der Waals surface area contributed by atoms with Crippen molar-refractivity contribution >= 4 is 22.6 Å². The van der Waals surface area contributed by atoms with Gasteiger partial charge >= 0.3 is 0 Å². The summed E-state index contributed by atoms with van der Waals surface area (Å²) in [6.45, 7) is 3.42. The molecule has 0 aliphatic rings. The van der Waals surface area contributed by atoms with Crippen molar-refractivity contribution in [2.75, 3.05) is 0 Å². The highest BCUT2D eigenvalue weighted by Gasteiger charge is 1.37. The zero-order valence-electron chi connectivity index (χ0n) is 2.24. The predicted octanol–water partition coefficient (Wildman–Crippen LogP) is 1.77. The summed E-state index contributed by atoms with van der Waals surface area (Å²) in [6, 6.07) is 0. The fraction of sp³-hybridized carbons (Fsp3) is 0. The molecule has 0 aliphatic heterocycles. The Balaban J connectivity index is 2.55. The van der Waals surface area contributed by atoms with Crippen LogP contribution in [-0.2, 0) is 0 Å². The van der Waals surface area contributed by atoms with Gasteiger partial charge in [-0.1, -0.05) is 28.7 Å². The van der Waals surface area contributed by atoms with Crippen LogP contribution in [0.4, 0.5) is 0 Å². The summed E-state index contributed by atoms with van der Waals surface area (Å²) >= 11 is 2.11. The molecule has 0 aromatic heterocycles. The summed E-state index contributed by atoms with van der Waals surface area (Å²) in [7, 11) is 0. The van der Waals surface area contributed by atoms with E-state index in [-0.39, 0.29) is 0 Å². The molecule has 0 N–H and O–H groups in total. The molecule has 23 valence electrons. The lowest BCUT2D eigenvalue weighted by molar-refractivity contribution is 2.18. The van der Waals surface area contributed by atoms with Gasteiger partial charge in [0.25, 0.3) is 0 Å². The Morgan fingerprint density at radius 3 is 2.00 bits per heavy atom. The van der Waals surface area contributed by atoms with Gasteiger partial charge in [-0.25, -0.2) is 0 Å². The van der Waals surface area contributed by atoms with Gasteiger partial charge in [-0.05, 0) is 11.0 Å². The van der Waals surface area contributed by atoms with E-state index in [2.05, 4.69) is 29.5 Å². The Kier molecular flexibility index (Phi) is 3.88. The van der Waals surface area contributed by atoms with Crippen molar-refractivity contribution in [1.29, 1.82) is 0 Å². The van der Waals surface area contributed by atoms with Gasteiger partial charge < -0.3 is 0 Å². The van der Waals surface area contributed by atoms with E-state index < -0.39 is 0 Å². The number of hydrogen-bond acceptors (Lipinski definition) is 0. The third-order valence-electron chi connectivity index (χ3n) is 0.0891. The van der Waals surface area contributed by atoms with E-state index in [1.54, 1.807) is 6.08 Å². The second-order valence-electron chi connectivity index (χ2n) is 0.362. The summed E-state index contributed by atoms with van der Waals surface area (Å²) in [5.74, 6) is 0. The molecule has 0 saturated heterocycles. The number of hydrogen-bond donors (Lipinski definition) is 0. The minimum absolute atomic E-state index is 1.74. The molecule has 0 amide bonds. The second-order valence-corrected chi connectivity index (χ2v) is 1.08. The SMILES string of the molecule is [CH2]/C=C\I. The van der Waals surface area contributed by atoms with Crippen molar-refractivity contribution in [1.82, 2.24) is 0 Å². The molecular formula is C3H4I. The van der Waals surface area contributed by atoms with Gasteiger partial charge in [-0.2, -0.15) is 0 Å². The molecule has 0 unspecified atom stereocenters. The van der Waals surface area contributed by atoms with Crippen LogP contribution in [0.1, 0.15) is 0 Å². The van der Waals surface area contributed by atoms with Crippen LogP contribution in [-0.4, -0.2) is 0 Å². The van der Waals surface area contributed by atoms with Crippen LogP contribution in [0.5, 0.6) is 0 Å². The molecule has 4 heavy (non-hydrogen) atoms. The molecule has 0 nitrogen and oxygen atoms in total. The van der Waals surface area contributed by atoms with Crippen molar-refractivity contribution < 1.29 is 0 Å². The zero-order valence-corrected chi connectivity index (χ0v) is 4.40. The third kappa shape index (κ3) is 2.47. The van der Waals surface area contributed by atoms with Gasteiger partial charge in [-0.15, -0.1) is 0 Å². The van der Waals surface area contributed by atoms with Gasteiger partial charge in [-0.3, -0.25) is 0 Å². The maximum Gasteiger partial charge on any atom is -0.0274 e. The highest BCUT2D eigenvalue weighted by molar-refractivity contribution is 14.1. The first-order chi connectivity index (χ1) is 1.91. The topological polar surface area (TPSA) is 0 Å². The molecule has 1 heteroatoms. The average molecular weight is 167 g/mol. The van der Waals surface area contributed by atoms with E-state index in [1.807, 2.05) is 4.08 Å². The summed E-state index contributed by atoms with van der Waals surface area (Å²) in [4.78, 5) is 0. The standard InChI is InChI=1S/C3H4I/c1-2-3-4/h2-3H,1H2/b3-2-. The van der Waals surface area contributed by atoms with Gasteiger partial charge in [0, 0.05) is 0 Å². The van der Waals surface area contributed by atoms with Gasteiger partial charge in [0.15, 0.2) is 0 Å². The molecule has 0 saturated carbocycles. The van der Waals surface area contributed by atoms with E-state index in [4.69, 9.17) is 0 Å². The molecule has 0 bridgehead atoms. The highest BCUT2D eigenvalue weighted by atomic mass is 127. The zero-order chi connectivity index (χ0) is 3.41. The lowest BCUT2D eigenvalue weighted by Gasteiger charge is -1.46. The smallest absolute Gasteiger partial charge is 0.0274 e. The van der Waals surface area contributed by atoms with Crippen molar-refractivity contribution in [3.63, 3.8) is 0 Å². The van der Waals surface area contributed by atoms with E-state index in [9.17, 15) is 0 Å². The van der Waals surface area contributed by atoms with Crippen LogP contribution in [0.2, 0.25) is 0 Å². The molecular weight excluding hydrogens is 163 g/mol. The highest BCUT2D eigenvalue weighted by Crippen LogP contribution is 1.77. The molecule has 0 heterocycles. The Morgan fingerprint density at radius 2 is 2.00 bits per heavy atom. The quantitative estimate of drug-likeness (QED) is 0.482. The minimum atomic E-state index is 1.74. The lowest BCUT2D eigenvalue weighted by atomic mass is 10.8. The first-order valence-electron chi connectivity index (χ1n) is 0.960. The summed E-state index contributed by atoms with van der Waals surface area (Å²) in [5.41, 5.74) is 0. The molecule has 0 aromatic carbocycles. The Morgan fingerprint density at radius 1 is 1.75 bits per heavy atom. The summed E-state index contributed by atoms with van der Waals surface area (Å²) in [6.07, 6.45) is 1.74. The predicted molar refractivity (Wildman–Crippen MR) is 28.5 cm³/mol. The van der Waals surface area contributed by atoms with E-state index >= 15 is 0 Å². The first kappa shape index (κ1) is 4.47. The summed E-state index contributed by atoms with van der Waals surface area (Å²) in [5, 5.41) is 0. The van der Waals surface area contributed by atoms with E-state index in [0.717, 1.165) is 0 Å². The van der Waals surface area contributed by atoms with Gasteiger partial charge in [0.2, 0.25) is 0 Å². The Labute approximate surface area is 40.0 Å². The fourth-order valence-corrected chi connectivity index (χ4v) is 0. The number of rotatable bonds is 0. The van der Waals surface area contributed by atoms with E-state index in [1.165, 1.54) is 0 Å². The Hall–Kier alpha value is 0.470. The van der Waals surface area contributed by atoms with Crippen LogP contribution in [0.25, 0.3) is 0 Å². The van der Waals surface area contributed by atoms with E-state index in [0.29, 0.717) is 0 Å². The maximum absolute atomic E-state index is 3.42. The van der Waals surface area contributed by atoms with Gasteiger partial charge in [0.05, 0.1) is 0 Å². The van der Waals surface area contributed by atoms with Crippen LogP contribution in [0.3, 0.4) is 0 Å². The van der Waals surface area contributed by atoms with Crippen LogP contribution in [0, 0.1) is 6.92 Å². The monoisotopic (exact) mass is 167 g/mol. The second kappa shape index (κ2) is 3.47. The molecule has 0 fully saturated rings. The van der Waals surface area contributed by atoms with Crippen LogP contribution >= 0.6 is 22.6 Å². The first-order valence-corrected chi connectivity index (χ1v) is 2.21. The third-order valence-corrected chi connectivity index (χ3v) is 0.598. The molecule has 1 radical (unpaired) electrons. The average Bonchev–Trinajstić information content (AvgIpc) is 1.37. The number of halogens is 1. The molecule has 0 spiro atoms. The van der Waals surface area contributed by atoms with Crippen LogP contribution < -0.4 is 0 Å². The lowest BCUT2D eigenvalue weighted by Crippen LogP contribution is -1.20. The fourth-order valence-electron chi connectivity index (χ4n) is 0. The molecule has 0 atom stereocenters. The maximum atomic E-state index is 3.42. The van der Waals surface area contributed by atoms with Gasteiger partial charge in [0.1, 0.15) is 0 Å². The molecule has 0 rings (SSSR count). The number of allylic oxidation sites excluding steroid dienone is 1. The largest absolute Gasteiger partial charge is 0.0781 e. The summed E-state index contributed by atoms with van der Waals surface area (Å²) < 4.78 is 1.86. The molecule has 0 aliphatic carbocycles. The molecule has 0 aromatic rings. The van der Waals surface area contributed by atoms with Crippen molar-refractivity contribution in [3.05, 3.63) is 17.1 Å². The van der Waals surface area contributed by atoms with Crippen LogP contribution in [0.15, 0.2) is 10.2 Å². The Bertz CT molecular complexity index is 18.5. The normalized spacial score (nSPS) is 9.50. The van der Waals surface area contributed by atoms with Crippen molar-refractivity contribution in [2.24, 2.45) is 0 Å².